The summed E-state index contributed by atoms with van der Waals surface area (Å²) in [5, 5.41) is 10.2. The van der Waals surface area contributed by atoms with Crippen LogP contribution in [0.1, 0.15) is 29.3 Å². The Labute approximate surface area is 154 Å². The summed E-state index contributed by atoms with van der Waals surface area (Å²) >= 11 is 1.38. The molecule has 0 saturated carbocycles. The fourth-order valence-electron chi connectivity index (χ4n) is 2.61. The first-order valence-corrected chi connectivity index (χ1v) is 9.20. The monoisotopic (exact) mass is 384 g/mol. The third kappa shape index (κ3) is 4.98. The second kappa shape index (κ2) is 9.04. The van der Waals surface area contributed by atoms with Crippen molar-refractivity contribution in [2.45, 2.75) is 25.6 Å². The van der Waals surface area contributed by atoms with Crippen molar-refractivity contribution < 1.29 is 37.9 Å². The average molecular weight is 384 g/mol. The molecule has 1 atom stereocenters. The number of carbonyl (C=O) groups excluding carboxylic acids is 3. The highest BCUT2D eigenvalue weighted by molar-refractivity contribution is 7.99. The van der Waals surface area contributed by atoms with E-state index in [2.05, 4.69) is 4.74 Å². The van der Waals surface area contributed by atoms with E-state index in [1.54, 1.807) is 6.26 Å². The van der Waals surface area contributed by atoms with Crippen LogP contribution in [0.3, 0.4) is 0 Å². The molecule has 0 bridgehead atoms. The van der Waals surface area contributed by atoms with E-state index >= 15 is 0 Å². The van der Waals surface area contributed by atoms with Crippen molar-refractivity contribution in [1.29, 1.82) is 0 Å². The van der Waals surface area contributed by atoms with E-state index < -0.39 is 43.0 Å². The number of esters is 2. The first kappa shape index (κ1) is 20.2. The summed E-state index contributed by atoms with van der Waals surface area (Å²) in [6, 6.07) is 2.52. The summed E-state index contributed by atoms with van der Waals surface area (Å²) in [6.45, 7) is 0.475. The predicted molar refractivity (Wildman–Crippen MR) is 92.5 cm³/mol. The molecule has 0 aromatic heterocycles. The molecule has 1 heterocycles. The van der Waals surface area contributed by atoms with E-state index in [1.807, 2.05) is 0 Å². The third-order valence-electron chi connectivity index (χ3n) is 3.76. The van der Waals surface area contributed by atoms with Gasteiger partial charge in [-0.2, -0.15) is 11.8 Å². The van der Waals surface area contributed by atoms with Crippen molar-refractivity contribution in [3.8, 4) is 5.75 Å². The number of hydrogen-bond acceptors (Lipinski definition) is 8. The van der Waals surface area contributed by atoms with Crippen molar-refractivity contribution in [2.24, 2.45) is 0 Å². The lowest BCUT2D eigenvalue weighted by atomic mass is 9.64. The molecular formula is C16H18BFO7S. The molecule has 1 N–H and O–H groups in total. The van der Waals surface area contributed by atoms with Crippen molar-refractivity contribution in [2.75, 3.05) is 18.8 Å². The van der Waals surface area contributed by atoms with Crippen molar-refractivity contribution >= 4 is 36.6 Å². The standard InChI is InChI=1S/C16H18BFO7S/c1-9(19)23-8-24-16(21)14-13(18)4-3-10-5-11(6-12(20)7-26-2)17(22)25-15(10)14/h3-4,11,22H,5-8H2,1-2H3/t11-/m1/s1. The summed E-state index contributed by atoms with van der Waals surface area (Å²) in [5.41, 5.74) is 0.000630. The maximum Gasteiger partial charge on any atom is 0.526 e. The molecule has 0 amide bonds. The smallest absolute Gasteiger partial charge is 0.526 e. The van der Waals surface area contributed by atoms with Gasteiger partial charge in [0.1, 0.15) is 22.9 Å². The molecule has 1 aliphatic heterocycles. The Morgan fingerprint density at radius 2 is 2.12 bits per heavy atom. The van der Waals surface area contributed by atoms with Crippen LogP contribution < -0.4 is 4.65 Å². The number of fused-ring (bicyclic) bond motifs is 1. The van der Waals surface area contributed by atoms with Crippen LogP contribution in [0.15, 0.2) is 12.1 Å². The Morgan fingerprint density at radius 1 is 1.38 bits per heavy atom. The molecule has 10 heteroatoms. The molecule has 0 unspecified atom stereocenters. The lowest BCUT2D eigenvalue weighted by Crippen LogP contribution is -2.36. The molecule has 1 aliphatic rings. The SMILES string of the molecule is CSCC(=O)C[C@H]1Cc2ccc(F)c(C(=O)OCOC(C)=O)c2OB1O. The van der Waals surface area contributed by atoms with Gasteiger partial charge >= 0.3 is 19.1 Å². The van der Waals surface area contributed by atoms with E-state index in [0.717, 1.165) is 13.0 Å². The van der Waals surface area contributed by atoms with Gasteiger partial charge in [0.15, 0.2) is 0 Å². The fourth-order valence-corrected chi connectivity index (χ4v) is 3.05. The number of ketones is 1. The maximum absolute atomic E-state index is 14.1. The number of carbonyl (C=O) groups is 3. The Bertz CT molecular complexity index is 712. The van der Waals surface area contributed by atoms with Gasteiger partial charge in [-0.1, -0.05) is 6.07 Å². The number of thioether (sulfide) groups is 1. The summed E-state index contributed by atoms with van der Waals surface area (Å²) in [6.07, 6.45) is 2.17. The molecule has 2 rings (SSSR count). The molecular weight excluding hydrogens is 366 g/mol. The molecule has 0 fully saturated rings. The summed E-state index contributed by atoms with van der Waals surface area (Å²) < 4.78 is 28.6. The van der Waals surface area contributed by atoms with E-state index in [-0.39, 0.29) is 24.4 Å². The minimum absolute atomic E-state index is 0.0308. The molecule has 140 valence electrons. The van der Waals surface area contributed by atoms with E-state index in [0.29, 0.717) is 11.3 Å². The Balaban J connectivity index is 2.18. The van der Waals surface area contributed by atoms with E-state index in [9.17, 15) is 23.8 Å². The third-order valence-corrected chi connectivity index (χ3v) is 4.37. The highest BCUT2D eigenvalue weighted by Gasteiger charge is 2.38. The zero-order valence-corrected chi connectivity index (χ0v) is 15.1. The summed E-state index contributed by atoms with van der Waals surface area (Å²) in [5.74, 6) is -2.94. The normalized spacial score (nSPS) is 15.7. The van der Waals surface area contributed by atoms with Gasteiger partial charge in [-0.15, -0.1) is 0 Å². The highest BCUT2D eigenvalue weighted by atomic mass is 32.2. The van der Waals surface area contributed by atoms with Crippen LogP contribution >= 0.6 is 11.8 Å². The maximum atomic E-state index is 14.1. The molecule has 0 spiro atoms. The molecule has 0 aliphatic carbocycles. The zero-order chi connectivity index (χ0) is 19.3. The Hall–Kier alpha value is -2.07. The summed E-state index contributed by atoms with van der Waals surface area (Å²) in [7, 11) is -1.35. The average Bonchev–Trinajstić information content (AvgIpc) is 2.55. The van der Waals surface area contributed by atoms with Crippen molar-refractivity contribution in [3.63, 3.8) is 0 Å². The van der Waals surface area contributed by atoms with Crippen LogP contribution in [0.4, 0.5) is 4.39 Å². The second-order valence-corrected chi connectivity index (χ2v) is 6.61. The highest BCUT2D eigenvalue weighted by Crippen LogP contribution is 2.37. The molecule has 0 radical (unpaired) electrons. The minimum atomic E-state index is -1.35. The summed E-state index contributed by atoms with van der Waals surface area (Å²) in [4.78, 5) is 34.6. The largest absolute Gasteiger partial charge is 0.535 e. The van der Waals surface area contributed by atoms with Gasteiger partial charge in [-0.3, -0.25) is 9.59 Å². The minimum Gasteiger partial charge on any atom is -0.535 e. The molecule has 1 aromatic carbocycles. The van der Waals surface area contributed by atoms with Crippen molar-refractivity contribution in [3.05, 3.63) is 29.1 Å². The second-order valence-electron chi connectivity index (χ2n) is 5.74. The molecule has 1 aromatic rings. The lowest BCUT2D eigenvalue weighted by Gasteiger charge is -2.28. The lowest BCUT2D eigenvalue weighted by molar-refractivity contribution is -0.149. The number of hydrogen-bond donors (Lipinski definition) is 1. The van der Waals surface area contributed by atoms with Crippen molar-refractivity contribution in [1.82, 2.24) is 0 Å². The van der Waals surface area contributed by atoms with Gasteiger partial charge in [0.05, 0.1) is 5.75 Å². The Kier molecular flexibility index (Phi) is 7.04. The van der Waals surface area contributed by atoms with Gasteiger partial charge in [0, 0.05) is 19.2 Å². The predicted octanol–water partition coefficient (Wildman–Crippen LogP) is 1.61. The van der Waals surface area contributed by atoms with Crippen LogP contribution in [0.5, 0.6) is 5.75 Å². The quantitative estimate of drug-likeness (QED) is 0.430. The molecule has 26 heavy (non-hydrogen) atoms. The fraction of sp³-hybridized carbons (Fsp3) is 0.438. The van der Waals surface area contributed by atoms with Crippen LogP contribution in [0.25, 0.3) is 0 Å². The van der Waals surface area contributed by atoms with Gasteiger partial charge in [0.25, 0.3) is 0 Å². The molecule has 0 saturated heterocycles. The topological polar surface area (TPSA) is 99.1 Å². The first-order valence-electron chi connectivity index (χ1n) is 7.80. The van der Waals surface area contributed by atoms with Gasteiger partial charge < -0.3 is 19.2 Å². The first-order chi connectivity index (χ1) is 12.3. The number of Topliss-reactive ketones (excluding diaryl/α,β-unsaturated/α-hetero) is 1. The molecule has 7 nitrogen and oxygen atoms in total. The van der Waals surface area contributed by atoms with Crippen LogP contribution in [-0.2, 0) is 25.5 Å². The number of benzene rings is 1. The van der Waals surface area contributed by atoms with Gasteiger partial charge in [0.2, 0.25) is 6.79 Å². The Morgan fingerprint density at radius 3 is 2.77 bits per heavy atom. The number of ether oxygens (including phenoxy) is 2. The van der Waals surface area contributed by atoms with Gasteiger partial charge in [-0.25, -0.2) is 9.18 Å². The zero-order valence-electron chi connectivity index (χ0n) is 14.3. The van der Waals surface area contributed by atoms with Crippen LogP contribution in [0, 0.1) is 5.82 Å². The van der Waals surface area contributed by atoms with Crippen LogP contribution in [-0.4, -0.2) is 48.7 Å². The van der Waals surface area contributed by atoms with E-state index in [1.165, 1.54) is 17.8 Å². The van der Waals surface area contributed by atoms with E-state index in [4.69, 9.17) is 9.39 Å². The van der Waals surface area contributed by atoms with Gasteiger partial charge in [-0.05, 0) is 24.3 Å². The number of halogens is 1. The number of rotatable bonds is 7. The van der Waals surface area contributed by atoms with Crippen LogP contribution in [0.2, 0.25) is 5.82 Å².